The van der Waals surface area contributed by atoms with Crippen LogP contribution in [0.25, 0.3) is 0 Å². The van der Waals surface area contributed by atoms with Crippen LogP contribution in [0, 0.1) is 0 Å². The summed E-state index contributed by atoms with van der Waals surface area (Å²) in [4.78, 5) is 6.48. The van der Waals surface area contributed by atoms with Crippen molar-refractivity contribution in [3.63, 3.8) is 0 Å². The molecule has 0 heterocycles. The Labute approximate surface area is 127 Å². The Hall–Kier alpha value is -0.807. The maximum Gasteiger partial charge on any atom is 0.124 e. The van der Waals surface area contributed by atoms with Crippen LogP contribution < -0.4 is 11.5 Å². The minimum absolute atomic E-state index is 0. The standard InChI is InChI=1S/C13H22N4O.Zn/c14-5-8-17(9-6-15)10-7-16-11-12-3-1-2-4-13(12)18;/h1-4,11,18H,5-10,14-15H2;. The fourth-order valence-electron chi connectivity index (χ4n) is 1.66. The minimum atomic E-state index is 0. The molecule has 19 heavy (non-hydrogen) atoms. The molecule has 0 radical (unpaired) electrons. The van der Waals surface area contributed by atoms with Crippen molar-refractivity contribution in [1.29, 1.82) is 0 Å². The van der Waals surface area contributed by atoms with Crippen molar-refractivity contribution >= 4 is 6.21 Å². The third-order valence-electron chi connectivity index (χ3n) is 2.60. The summed E-state index contributed by atoms with van der Waals surface area (Å²) < 4.78 is 0. The zero-order chi connectivity index (χ0) is 13.2. The Kier molecular flexibility index (Phi) is 10.6. The number of hydrogen-bond donors (Lipinski definition) is 3. The molecule has 0 saturated heterocycles. The first-order valence-electron chi connectivity index (χ1n) is 6.18. The number of phenols is 1. The molecule has 1 aromatic carbocycles. The van der Waals surface area contributed by atoms with Gasteiger partial charge in [-0.1, -0.05) is 12.1 Å². The molecule has 0 aliphatic rings. The summed E-state index contributed by atoms with van der Waals surface area (Å²) in [7, 11) is 0. The predicted octanol–water partition coefficient (Wildman–Crippen LogP) is 0.0280. The molecule has 0 atom stereocenters. The summed E-state index contributed by atoms with van der Waals surface area (Å²) in [5.41, 5.74) is 11.8. The Morgan fingerprint density at radius 1 is 1.11 bits per heavy atom. The van der Waals surface area contributed by atoms with Gasteiger partial charge in [-0.25, -0.2) is 0 Å². The largest absolute Gasteiger partial charge is 0.507 e. The Bertz CT molecular complexity index is 367. The SMILES string of the molecule is NCCN(CCN)CCN=Cc1ccccc1O.[Zn]. The van der Waals surface area contributed by atoms with Crippen LogP contribution in [0.2, 0.25) is 0 Å². The van der Waals surface area contributed by atoms with Crippen LogP contribution in [-0.4, -0.2) is 55.5 Å². The maximum absolute atomic E-state index is 9.55. The van der Waals surface area contributed by atoms with E-state index in [2.05, 4.69) is 9.89 Å². The Balaban J connectivity index is 0.00000324. The molecule has 5 nitrogen and oxygen atoms in total. The number of para-hydroxylation sites is 1. The molecule has 0 aliphatic carbocycles. The zero-order valence-corrected chi connectivity index (χ0v) is 14.3. The molecule has 1 aromatic rings. The second-order valence-electron chi connectivity index (χ2n) is 4.01. The molecule has 0 bridgehead atoms. The van der Waals surface area contributed by atoms with E-state index >= 15 is 0 Å². The van der Waals surface area contributed by atoms with Crippen molar-refractivity contribution in [3.8, 4) is 5.75 Å². The molecule has 0 spiro atoms. The number of rotatable bonds is 8. The predicted molar refractivity (Wildman–Crippen MR) is 75.1 cm³/mol. The van der Waals surface area contributed by atoms with Crippen LogP contribution in [-0.2, 0) is 19.5 Å². The first kappa shape index (κ1) is 18.2. The summed E-state index contributed by atoms with van der Waals surface area (Å²) in [5.74, 6) is 0.252. The smallest absolute Gasteiger partial charge is 0.124 e. The molecule has 5 N–H and O–H groups in total. The fourth-order valence-corrected chi connectivity index (χ4v) is 1.66. The van der Waals surface area contributed by atoms with E-state index in [1.807, 2.05) is 12.1 Å². The molecule has 0 aliphatic heterocycles. The molecule has 0 unspecified atom stereocenters. The summed E-state index contributed by atoms with van der Waals surface area (Å²) in [6, 6.07) is 7.14. The summed E-state index contributed by atoms with van der Waals surface area (Å²) in [6.45, 7) is 4.44. The van der Waals surface area contributed by atoms with E-state index in [1.165, 1.54) is 0 Å². The molecule has 102 valence electrons. The van der Waals surface area contributed by atoms with Crippen LogP contribution >= 0.6 is 0 Å². The van der Waals surface area contributed by atoms with E-state index in [0.29, 0.717) is 19.6 Å². The topological polar surface area (TPSA) is 87.9 Å². The monoisotopic (exact) mass is 314 g/mol. The minimum Gasteiger partial charge on any atom is -0.507 e. The van der Waals surface area contributed by atoms with E-state index in [9.17, 15) is 5.11 Å². The van der Waals surface area contributed by atoms with Gasteiger partial charge in [0.25, 0.3) is 0 Å². The molecule has 0 aromatic heterocycles. The number of aliphatic imine (C=N–C) groups is 1. The molecule has 1 rings (SSSR count). The van der Waals surface area contributed by atoms with Crippen LogP contribution in [0.4, 0.5) is 0 Å². The number of phenolic OH excluding ortho intramolecular Hbond substituents is 1. The number of aromatic hydroxyl groups is 1. The van der Waals surface area contributed by atoms with Gasteiger partial charge in [0.05, 0.1) is 6.54 Å². The molecule has 0 fully saturated rings. The quantitative estimate of drug-likeness (QED) is 0.466. The van der Waals surface area contributed by atoms with E-state index in [0.717, 1.165) is 25.2 Å². The van der Waals surface area contributed by atoms with Gasteiger partial charge in [-0.05, 0) is 12.1 Å². The maximum atomic E-state index is 9.55. The summed E-state index contributed by atoms with van der Waals surface area (Å²) >= 11 is 0. The summed E-state index contributed by atoms with van der Waals surface area (Å²) in [6.07, 6.45) is 1.69. The van der Waals surface area contributed by atoms with Gasteiger partial charge in [-0.3, -0.25) is 9.89 Å². The van der Waals surface area contributed by atoms with E-state index < -0.39 is 0 Å². The number of nitrogens with zero attached hydrogens (tertiary/aromatic N) is 2. The van der Waals surface area contributed by atoms with Crippen molar-refractivity contribution in [3.05, 3.63) is 29.8 Å². The molecule has 0 amide bonds. The third-order valence-corrected chi connectivity index (χ3v) is 2.60. The Morgan fingerprint density at radius 2 is 1.74 bits per heavy atom. The van der Waals surface area contributed by atoms with E-state index in [1.54, 1.807) is 18.3 Å². The van der Waals surface area contributed by atoms with Crippen LogP contribution in [0.1, 0.15) is 5.56 Å². The van der Waals surface area contributed by atoms with Gasteiger partial charge in [-0.2, -0.15) is 0 Å². The Morgan fingerprint density at radius 3 is 2.32 bits per heavy atom. The zero-order valence-electron chi connectivity index (χ0n) is 11.3. The van der Waals surface area contributed by atoms with E-state index in [4.69, 9.17) is 11.5 Å². The van der Waals surface area contributed by atoms with Crippen molar-refractivity contribution < 1.29 is 24.6 Å². The molecular formula is C13H22N4OZn. The van der Waals surface area contributed by atoms with Crippen LogP contribution in [0.15, 0.2) is 29.3 Å². The first-order chi connectivity index (χ1) is 8.77. The second-order valence-corrected chi connectivity index (χ2v) is 4.01. The van der Waals surface area contributed by atoms with Crippen molar-refractivity contribution in [2.75, 3.05) is 39.3 Å². The average Bonchev–Trinajstić information content (AvgIpc) is 2.37. The van der Waals surface area contributed by atoms with Gasteiger partial charge < -0.3 is 16.6 Å². The van der Waals surface area contributed by atoms with E-state index in [-0.39, 0.29) is 25.2 Å². The normalized spacial score (nSPS) is 10.9. The molecule has 6 heteroatoms. The van der Waals surface area contributed by atoms with Crippen LogP contribution in [0.5, 0.6) is 5.75 Å². The molecule has 0 saturated carbocycles. The molecular weight excluding hydrogens is 294 g/mol. The van der Waals surface area contributed by atoms with Gasteiger partial charge in [-0.15, -0.1) is 0 Å². The number of hydrogen-bond acceptors (Lipinski definition) is 5. The van der Waals surface area contributed by atoms with Crippen molar-refractivity contribution in [1.82, 2.24) is 4.90 Å². The van der Waals surface area contributed by atoms with Gasteiger partial charge in [0.1, 0.15) is 5.75 Å². The van der Waals surface area contributed by atoms with Gasteiger partial charge in [0.2, 0.25) is 0 Å². The summed E-state index contributed by atoms with van der Waals surface area (Å²) in [5, 5.41) is 9.55. The second kappa shape index (κ2) is 11.1. The first-order valence-corrected chi connectivity index (χ1v) is 6.18. The number of benzene rings is 1. The third kappa shape index (κ3) is 7.38. The van der Waals surface area contributed by atoms with Gasteiger partial charge in [0, 0.05) is 64.0 Å². The van der Waals surface area contributed by atoms with Crippen LogP contribution in [0.3, 0.4) is 0 Å². The fraction of sp³-hybridized carbons (Fsp3) is 0.462. The van der Waals surface area contributed by atoms with Gasteiger partial charge >= 0.3 is 0 Å². The van der Waals surface area contributed by atoms with Crippen molar-refractivity contribution in [2.24, 2.45) is 16.5 Å². The van der Waals surface area contributed by atoms with Gasteiger partial charge in [0.15, 0.2) is 0 Å². The van der Waals surface area contributed by atoms with Crippen molar-refractivity contribution in [2.45, 2.75) is 0 Å². The average molecular weight is 316 g/mol. The number of nitrogens with two attached hydrogens (primary N) is 2.